The monoisotopic (exact) mass is 304 g/mol. The van der Waals surface area contributed by atoms with Gasteiger partial charge in [0.2, 0.25) is 0 Å². The molecule has 2 heteroatoms. The predicted octanol–water partition coefficient (Wildman–Crippen LogP) is 6.00. The molecule has 0 N–H and O–H groups in total. The van der Waals surface area contributed by atoms with Crippen molar-refractivity contribution >= 4 is 11.6 Å². The van der Waals surface area contributed by atoms with E-state index in [1.807, 2.05) is 6.92 Å². The molecule has 2 rings (SSSR count). The summed E-state index contributed by atoms with van der Waals surface area (Å²) in [6.45, 7) is 12.6. The van der Waals surface area contributed by atoms with E-state index >= 15 is 0 Å². The molecule has 0 amide bonds. The molecule has 112 valence electrons. The van der Waals surface area contributed by atoms with Crippen LogP contribution in [0.1, 0.15) is 49.9 Å². The van der Waals surface area contributed by atoms with Crippen molar-refractivity contribution in [2.24, 2.45) is 0 Å². The van der Waals surface area contributed by atoms with E-state index in [9.17, 15) is 4.39 Å². The van der Waals surface area contributed by atoms with Crippen molar-refractivity contribution < 1.29 is 4.39 Å². The van der Waals surface area contributed by atoms with E-state index in [0.717, 1.165) is 16.7 Å². The van der Waals surface area contributed by atoms with Crippen LogP contribution in [0.25, 0.3) is 0 Å². The van der Waals surface area contributed by atoms with Crippen LogP contribution in [0.15, 0.2) is 18.2 Å². The molecule has 0 bridgehead atoms. The van der Waals surface area contributed by atoms with E-state index in [0.29, 0.717) is 0 Å². The van der Waals surface area contributed by atoms with Crippen molar-refractivity contribution in [1.29, 1.82) is 0 Å². The Hall–Kier alpha value is -1.34. The van der Waals surface area contributed by atoms with Gasteiger partial charge in [-0.2, -0.15) is 0 Å². The summed E-state index contributed by atoms with van der Waals surface area (Å²) in [6, 6.07) is 4.82. The minimum Gasteiger partial charge on any atom is -0.207 e. The van der Waals surface area contributed by atoms with Crippen molar-refractivity contribution in [2.75, 3.05) is 0 Å². The molecule has 0 radical (unpaired) electrons. The van der Waals surface area contributed by atoms with Crippen LogP contribution in [0.2, 0.25) is 0 Å². The molecule has 21 heavy (non-hydrogen) atoms. The average Bonchev–Trinajstić information content (AvgIpc) is 2.43. The molecule has 0 saturated heterocycles. The molecule has 1 atom stereocenters. The lowest BCUT2D eigenvalue weighted by atomic mass is 9.86. The predicted molar refractivity (Wildman–Crippen MR) is 89.0 cm³/mol. The summed E-state index contributed by atoms with van der Waals surface area (Å²) in [5, 5.41) is -0.247. The Morgan fingerprint density at radius 2 is 1.29 bits per heavy atom. The molecular weight excluding hydrogens is 283 g/mol. The Bertz CT molecular complexity index is 672. The highest BCUT2D eigenvalue weighted by Crippen LogP contribution is 2.38. The highest BCUT2D eigenvalue weighted by Gasteiger charge is 2.21. The Kier molecular flexibility index (Phi) is 4.43. The number of rotatable bonds is 2. The molecule has 0 saturated carbocycles. The zero-order valence-electron chi connectivity index (χ0n) is 13.6. The molecular formula is C19H22ClF. The summed E-state index contributed by atoms with van der Waals surface area (Å²) >= 11 is 6.77. The summed E-state index contributed by atoms with van der Waals surface area (Å²) in [7, 11) is 0. The van der Waals surface area contributed by atoms with Crippen molar-refractivity contribution in [3.05, 3.63) is 68.5 Å². The summed E-state index contributed by atoms with van der Waals surface area (Å²) in [5.74, 6) is -0.218. The fourth-order valence-electron chi connectivity index (χ4n) is 2.99. The van der Waals surface area contributed by atoms with Crippen LogP contribution in [0.5, 0.6) is 0 Å². The Balaban J connectivity index is 2.66. The Morgan fingerprint density at radius 3 is 1.76 bits per heavy atom. The second-order valence-corrected chi connectivity index (χ2v) is 6.34. The van der Waals surface area contributed by atoms with E-state index in [4.69, 9.17) is 11.6 Å². The molecule has 0 aliphatic carbocycles. The van der Waals surface area contributed by atoms with Gasteiger partial charge in [-0.3, -0.25) is 0 Å². The van der Waals surface area contributed by atoms with Gasteiger partial charge in [0.05, 0.1) is 5.38 Å². The molecule has 2 aromatic carbocycles. The van der Waals surface area contributed by atoms with Gasteiger partial charge in [-0.25, -0.2) is 4.39 Å². The molecule has 2 aromatic rings. The van der Waals surface area contributed by atoms with Crippen LogP contribution < -0.4 is 0 Å². The Morgan fingerprint density at radius 1 is 0.810 bits per heavy atom. The number of halogens is 2. The maximum Gasteiger partial charge on any atom is 0.123 e. The van der Waals surface area contributed by atoms with Gasteiger partial charge in [0.1, 0.15) is 5.82 Å². The minimum atomic E-state index is -0.247. The SMILES string of the molecule is Cc1cc(F)ccc1C(Cl)c1c(C)c(C)c(C)c(C)c1C. The van der Waals surface area contributed by atoms with Gasteiger partial charge >= 0.3 is 0 Å². The third-order valence-corrected chi connectivity index (χ3v) is 5.27. The zero-order chi connectivity index (χ0) is 15.9. The molecule has 0 aromatic heterocycles. The maximum absolute atomic E-state index is 13.3. The first-order chi connectivity index (χ1) is 9.75. The van der Waals surface area contributed by atoms with Gasteiger partial charge in [-0.15, -0.1) is 11.6 Å². The van der Waals surface area contributed by atoms with E-state index in [-0.39, 0.29) is 11.2 Å². The van der Waals surface area contributed by atoms with Crippen molar-refractivity contribution in [3.8, 4) is 0 Å². The van der Waals surface area contributed by atoms with Crippen LogP contribution in [0, 0.1) is 47.4 Å². The third kappa shape index (κ3) is 2.72. The van der Waals surface area contributed by atoms with E-state index in [2.05, 4.69) is 34.6 Å². The highest BCUT2D eigenvalue weighted by atomic mass is 35.5. The Labute approximate surface area is 132 Å². The first kappa shape index (κ1) is 16.0. The van der Waals surface area contributed by atoms with Crippen LogP contribution >= 0.6 is 11.6 Å². The van der Waals surface area contributed by atoms with Gasteiger partial charge in [0, 0.05) is 0 Å². The van der Waals surface area contributed by atoms with Crippen molar-refractivity contribution in [3.63, 3.8) is 0 Å². The topological polar surface area (TPSA) is 0 Å². The molecule has 0 heterocycles. The van der Waals surface area contributed by atoms with Gasteiger partial charge in [-0.1, -0.05) is 6.07 Å². The van der Waals surface area contributed by atoms with Crippen molar-refractivity contribution in [2.45, 2.75) is 46.9 Å². The molecule has 0 spiro atoms. The summed E-state index contributed by atoms with van der Waals surface area (Å²) in [5.41, 5.74) is 9.41. The fraction of sp³-hybridized carbons (Fsp3) is 0.368. The zero-order valence-corrected chi connectivity index (χ0v) is 14.3. The lowest BCUT2D eigenvalue weighted by molar-refractivity contribution is 0.625. The van der Waals surface area contributed by atoms with Crippen LogP contribution in [0.3, 0.4) is 0 Å². The standard InChI is InChI=1S/C19H22ClF/c1-10-9-16(21)7-8-17(10)19(20)18-14(5)12(3)11(2)13(4)15(18)6/h7-9,19H,1-6H3. The van der Waals surface area contributed by atoms with Crippen LogP contribution in [0.4, 0.5) is 4.39 Å². The molecule has 0 aliphatic rings. The van der Waals surface area contributed by atoms with E-state index < -0.39 is 0 Å². The first-order valence-electron chi connectivity index (χ1n) is 7.22. The van der Waals surface area contributed by atoms with Gasteiger partial charge in [0.15, 0.2) is 0 Å². The maximum atomic E-state index is 13.3. The van der Waals surface area contributed by atoms with Crippen LogP contribution in [-0.4, -0.2) is 0 Å². The smallest absolute Gasteiger partial charge is 0.123 e. The largest absolute Gasteiger partial charge is 0.207 e. The number of alkyl halides is 1. The third-order valence-electron chi connectivity index (χ3n) is 4.82. The first-order valence-corrected chi connectivity index (χ1v) is 7.66. The lowest BCUT2D eigenvalue weighted by Gasteiger charge is -2.23. The molecule has 0 fully saturated rings. The summed E-state index contributed by atoms with van der Waals surface area (Å²) < 4.78 is 13.3. The fourth-order valence-corrected chi connectivity index (χ4v) is 3.56. The second kappa shape index (κ2) is 5.81. The second-order valence-electron chi connectivity index (χ2n) is 5.90. The number of aryl methyl sites for hydroxylation is 1. The van der Waals surface area contributed by atoms with Crippen LogP contribution in [-0.2, 0) is 0 Å². The van der Waals surface area contributed by atoms with Gasteiger partial charge < -0.3 is 0 Å². The van der Waals surface area contributed by atoms with E-state index in [1.165, 1.54) is 33.9 Å². The normalized spacial score (nSPS) is 12.6. The summed E-state index contributed by atoms with van der Waals surface area (Å²) in [4.78, 5) is 0. The number of hydrogen-bond donors (Lipinski definition) is 0. The number of benzene rings is 2. The molecule has 1 unspecified atom stereocenters. The minimum absolute atomic E-state index is 0.218. The summed E-state index contributed by atoms with van der Waals surface area (Å²) in [6.07, 6.45) is 0. The molecule has 0 aliphatic heterocycles. The lowest BCUT2D eigenvalue weighted by Crippen LogP contribution is -2.07. The average molecular weight is 305 g/mol. The number of hydrogen-bond acceptors (Lipinski definition) is 0. The van der Waals surface area contributed by atoms with Gasteiger partial charge in [-0.05, 0) is 98.2 Å². The molecule has 0 nitrogen and oxygen atoms in total. The highest BCUT2D eigenvalue weighted by molar-refractivity contribution is 6.23. The van der Waals surface area contributed by atoms with E-state index in [1.54, 1.807) is 12.1 Å². The quantitative estimate of drug-likeness (QED) is 0.596. The van der Waals surface area contributed by atoms with Gasteiger partial charge in [0.25, 0.3) is 0 Å². The van der Waals surface area contributed by atoms with Crippen molar-refractivity contribution in [1.82, 2.24) is 0 Å².